The molecule has 1 aromatic rings. The zero-order valence-electron chi connectivity index (χ0n) is 10.0. The Labute approximate surface area is 100 Å². The van der Waals surface area contributed by atoms with Gasteiger partial charge in [0.25, 0.3) is 0 Å². The summed E-state index contributed by atoms with van der Waals surface area (Å²) in [6.45, 7) is 7.57. The van der Waals surface area contributed by atoms with Crippen LogP contribution < -0.4 is 5.32 Å². The van der Waals surface area contributed by atoms with Crippen LogP contribution in [-0.4, -0.2) is 17.6 Å². The van der Waals surface area contributed by atoms with Crippen LogP contribution in [0.25, 0.3) is 0 Å². The summed E-state index contributed by atoms with van der Waals surface area (Å²) in [5, 5.41) is 14.2. The van der Waals surface area contributed by atoms with E-state index in [9.17, 15) is 4.79 Å². The molecule has 1 heterocycles. The highest BCUT2D eigenvalue weighted by atomic mass is 32.1. The molecule has 0 aliphatic carbocycles. The summed E-state index contributed by atoms with van der Waals surface area (Å²) in [5.74, 6) is -0.737. The van der Waals surface area contributed by atoms with Gasteiger partial charge in [0.05, 0.1) is 6.42 Å². The number of hydrogen-bond acceptors (Lipinski definition) is 3. The van der Waals surface area contributed by atoms with E-state index in [-0.39, 0.29) is 11.8 Å². The molecule has 0 fully saturated rings. The largest absolute Gasteiger partial charge is 0.481 e. The van der Waals surface area contributed by atoms with E-state index >= 15 is 0 Å². The minimum atomic E-state index is -0.737. The lowest BCUT2D eigenvalue weighted by molar-refractivity contribution is -0.139. The van der Waals surface area contributed by atoms with Crippen molar-refractivity contribution in [3.05, 3.63) is 21.9 Å². The number of carboxylic acid groups (broad SMARTS) is 1. The zero-order chi connectivity index (χ0) is 12.2. The van der Waals surface area contributed by atoms with Crippen molar-refractivity contribution < 1.29 is 9.90 Å². The highest BCUT2D eigenvalue weighted by Gasteiger charge is 2.21. The number of carbonyl (C=O) groups is 1. The predicted octanol–water partition coefficient (Wildman–Crippen LogP) is 2.65. The molecule has 0 aliphatic heterocycles. The van der Waals surface area contributed by atoms with E-state index in [0.29, 0.717) is 0 Å². The van der Waals surface area contributed by atoms with Crippen molar-refractivity contribution >= 4 is 17.3 Å². The summed E-state index contributed by atoms with van der Waals surface area (Å²) < 4.78 is 0. The smallest absolute Gasteiger partial charge is 0.303 e. The van der Waals surface area contributed by atoms with Gasteiger partial charge in [-0.25, -0.2) is 0 Å². The molecule has 1 rings (SSSR count). The molecule has 0 saturated heterocycles. The number of aliphatic carboxylic acids is 1. The van der Waals surface area contributed by atoms with Crippen LogP contribution in [0.15, 0.2) is 11.4 Å². The lowest BCUT2D eigenvalue weighted by atomic mass is 9.89. The Morgan fingerprint density at radius 2 is 2.25 bits per heavy atom. The van der Waals surface area contributed by atoms with Crippen molar-refractivity contribution in [3.63, 3.8) is 0 Å². The minimum Gasteiger partial charge on any atom is -0.481 e. The van der Waals surface area contributed by atoms with Crippen LogP contribution in [0.3, 0.4) is 0 Å². The molecule has 2 N–H and O–H groups in total. The van der Waals surface area contributed by atoms with Gasteiger partial charge >= 0.3 is 5.97 Å². The van der Waals surface area contributed by atoms with Gasteiger partial charge in [0.15, 0.2) is 0 Å². The molecule has 16 heavy (non-hydrogen) atoms. The van der Waals surface area contributed by atoms with Crippen LogP contribution >= 0.6 is 11.3 Å². The highest BCUT2D eigenvalue weighted by Crippen LogP contribution is 2.20. The van der Waals surface area contributed by atoms with Crippen molar-refractivity contribution in [2.75, 3.05) is 6.54 Å². The number of carboxylic acids is 1. The Bertz CT molecular complexity index is 358. The number of aryl methyl sites for hydroxylation is 1. The molecule has 0 aromatic carbocycles. The van der Waals surface area contributed by atoms with Crippen LogP contribution in [0.1, 0.15) is 30.7 Å². The fourth-order valence-electron chi connectivity index (χ4n) is 1.57. The van der Waals surface area contributed by atoms with E-state index in [2.05, 4.69) is 23.7 Å². The van der Waals surface area contributed by atoms with Crippen molar-refractivity contribution in [3.8, 4) is 0 Å². The Balaban J connectivity index is 2.35. The summed E-state index contributed by atoms with van der Waals surface area (Å²) in [6.07, 6.45) is 0.198. The first kappa shape index (κ1) is 13.2. The first-order valence-corrected chi connectivity index (χ1v) is 6.24. The lowest BCUT2D eigenvalue weighted by Gasteiger charge is -2.22. The van der Waals surface area contributed by atoms with E-state index in [0.717, 1.165) is 13.1 Å². The summed E-state index contributed by atoms with van der Waals surface area (Å²) >= 11 is 1.74. The van der Waals surface area contributed by atoms with Crippen LogP contribution in [0.5, 0.6) is 0 Å². The molecule has 0 atom stereocenters. The molecule has 0 spiro atoms. The number of rotatable bonds is 6. The van der Waals surface area contributed by atoms with Gasteiger partial charge in [-0.05, 0) is 29.3 Å². The summed E-state index contributed by atoms with van der Waals surface area (Å²) in [7, 11) is 0. The molecule has 3 nitrogen and oxygen atoms in total. The molecule has 90 valence electrons. The highest BCUT2D eigenvalue weighted by molar-refractivity contribution is 7.10. The predicted molar refractivity (Wildman–Crippen MR) is 66.8 cm³/mol. The SMILES string of the molecule is Cc1ccsc1CNCC(C)(C)CC(=O)O. The van der Waals surface area contributed by atoms with Crippen molar-refractivity contribution in [2.24, 2.45) is 5.41 Å². The van der Waals surface area contributed by atoms with Gasteiger partial charge in [-0.1, -0.05) is 13.8 Å². The van der Waals surface area contributed by atoms with Gasteiger partial charge in [-0.2, -0.15) is 0 Å². The third-order valence-corrected chi connectivity index (χ3v) is 3.51. The molecule has 0 amide bonds. The fourth-order valence-corrected chi connectivity index (χ4v) is 2.45. The Morgan fingerprint density at radius 3 is 2.75 bits per heavy atom. The number of thiophene rings is 1. The maximum Gasteiger partial charge on any atom is 0.303 e. The Morgan fingerprint density at radius 1 is 1.56 bits per heavy atom. The van der Waals surface area contributed by atoms with E-state index < -0.39 is 5.97 Å². The van der Waals surface area contributed by atoms with E-state index in [1.807, 2.05) is 13.8 Å². The van der Waals surface area contributed by atoms with Crippen LogP contribution in [0.4, 0.5) is 0 Å². The Hall–Kier alpha value is -0.870. The van der Waals surface area contributed by atoms with Gasteiger partial charge in [-0.15, -0.1) is 11.3 Å². The molecule has 1 aromatic heterocycles. The van der Waals surface area contributed by atoms with E-state index in [1.54, 1.807) is 11.3 Å². The molecular formula is C12H19NO2S. The molecule has 0 bridgehead atoms. The summed E-state index contributed by atoms with van der Waals surface area (Å²) in [6, 6.07) is 2.10. The second-order valence-corrected chi connectivity index (χ2v) is 5.87. The summed E-state index contributed by atoms with van der Waals surface area (Å²) in [4.78, 5) is 12.0. The number of hydrogen-bond donors (Lipinski definition) is 2. The topological polar surface area (TPSA) is 49.3 Å². The van der Waals surface area contributed by atoms with Gasteiger partial charge in [0.2, 0.25) is 0 Å². The quantitative estimate of drug-likeness (QED) is 0.805. The monoisotopic (exact) mass is 241 g/mol. The van der Waals surface area contributed by atoms with Crippen molar-refractivity contribution in [2.45, 2.75) is 33.7 Å². The van der Waals surface area contributed by atoms with E-state index in [1.165, 1.54) is 10.4 Å². The molecule has 0 unspecified atom stereocenters. The van der Waals surface area contributed by atoms with E-state index in [4.69, 9.17) is 5.11 Å². The van der Waals surface area contributed by atoms with Crippen LogP contribution in [0, 0.1) is 12.3 Å². The fraction of sp³-hybridized carbons (Fsp3) is 0.583. The standard InChI is InChI=1S/C12H19NO2S/c1-9-4-5-16-10(9)7-13-8-12(2,3)6-11(14)15/h4-5,13H,6-8H2,1-3H3,(H,14,15). The second kappa shape index (κ2) is 5.46. The first-order valence-electron chi connectivity index (χ1n) is 5.36. The van der Waals surface area contributed by atoms with Gasteiger partial charge < -0.3 is 10.4 Å². The lowest BCUT2D eigenvalue weighted by Crippen LogP contribution is -2.31. The van der Waals surface area contributed by atoms with Crippen LogP contribution in [-0.2, 0) is 11.3 Å². The second-order valence-electron chi connectivity index (χ2n) is 4.87. The zero-order valence-corrected chi connectivity index (χ0v) is 10.9. The molecule has 0 saturated carbocycles. The third kappa shape index (κ3) is 4.33. The van der Waals surface area contributed by atoms with Crippen molar-refractivity contribution in [1.82, 2.24) is 5.32 Å². The minimum absolute atomic E-state index is 0.197. The van der Waals surface area contributed by atoms with Gasteiger partial charge in [0, 0.05) is 18.0 Å². The number of nitrogens with one attached hydrogen (secondary N) is 1. The molecule has 0 aliphatic rings. The third-order valence-electron chi connectivity index (χ3n) is 2.49. The molecular weight excluding hydrogens is 222 g/mol. The summed E-state index contributed by atoms with van der Waals surface area (Å²) in [5.41, 5.74) is 1.10. The van der Waals surface area contributed by atoms with Crippen LogP contribution in [0.2, 0.25) is 0 Å². The average molecular weight is 241 g/mol. The van der Waals surface area contributed by atoms with Gasteiger partial charge in [0.1, 0.15) is 0 Å². The van der Waals surface area contributed by atoms with Crippen molar-refractivity contribution in [1.29, 1.82) is 0 Å². The first-order chi connectivity index (χ1) is 7.41. The van der Waals surface area contributed by atoms with Gasteiger partial charge in [-0.3, -0.25) is 4.79 Å². The normalized spacial score (nSPS) is 11.7. The maximum absolute atomic E-state index is 10.6. The maximum atomic E-state index is 10.6. The average Bonchev–Trinajstić information content (AvgIpc) is 2.49. The Kier molecular flexibility index (Phi) is 4.50. The molecule has 4 heteroatoms. The molecule has 0 radical (unpaired) electrons.